The van der Waals surface area contributed by atoms with Crippen LogP contribution < -0.4 is 5.32 Å². The van der Waals surface area contributed by atoms with Crippen LogP contribution in [0, 0.1) is 13.8 Å². The molecule has 1 N–H and O–H groups in total. The lowest BCUT2D eigenvalue weighted by Gasteiger charge is -2.01. The van der Waals surface area contributed by atoms with Crippen LogP contribution in [0.1, 0.15) is 11.1 Å². The minimum atomic E-state index is 0.642. The molecule has 0 spiro atoms. The quantitative estimate of drug-likeness (QED) is 0.798. The number of nitrogens with zero attached hydrogens (tertiary/aromatic N) is 4. The summed E-state index contributed by atoms with van der Waals surface area (Å²) in [6.45, 7) is 4.02. The average Bonchev–Trinajstić information content (AvgIpc) is 2.87. The maximum Gasteiger partial charge on any atom is 0.208 e. The van der Waals surface area contributed by atoms with E-state index < -0.39 is 0 Å². The lowest BCUT2D eigenvalue weighted by Crippen LogP contribution is -1.94. The molecule has 0 aliphatic heterocycles. The number of hydrogen-bond acceptors (Lipinski definition) is 6. The molecule has 0 saturated carbocycles. The summed E-state index contributed by atoms with van der Waals surface area (Å²) in [6.07, 6.45) is 3.51. The monoisotopic (exact) mass is 283 g/mol. The first-order valence-corrected chi connectivity index (χ1v) is 6.95. The zero-order valence-corrected chi connectivity index (χ0v) is 12.0. The number of hydrogen-bond donors (Lipinski definition) is 1. The molecule has 0 aromatic carbocycles. The second-order valence-electron chi connectivity index (χ2n) is 4.44. The minimum Gasteiger partial charge on any atom is -0.315 e. The highest BCUT2D eigenvalue weighted by Gasteiger charge is 2.10. The molecular formula is C14H13N5S. The van der Waals surface area contributed by atoms with Gasteiger partial charge in [-0.25, -0.2) is 4.98 Å². The van der Waals surface area contributed by atoms with Crippen molar-refractivity contribution < 1.29 is 0 Å². The van der Waals surface area contributed by atoms with Crippen molar-refractivity contribution in [3.63, 3.8) is 0 Å². The number of aryl methyl sites for hydroxylation is 2. The van der Waals surface area contributed by atoms with Gasteiger partial charge in [0.05, 0.1) is 0 Å². The van der Waals surface area contributed by atoms with E-state index in [1.807, 2.05) is 38.1 Å². The smallest absolute Gasteiger partial charge is 0.208 e. The third-order valence-electron chi connectivity index (χ3n) is 2.80. The van der Waals surface area contributed by atoms with Crippen molar-refractivity contribution in [2.24, 2.45) is 0 Å². The predicted molar refractivity (Wildman–Crippen MR) is 80.1 cm³/mol. The van der Waals surface area contributed by atoms with Crippen LogP contribution in [0.15, 0.2) is 36.7 Å². The molecule has 3 rings (SSSR count). The Morgan fingerprint density at radius 1 is 1.10 bits per heavy atom. The minimum absolute atomic E-state index is 0.642. The third kappa shape index (κ3) is 2.65. The van der Waals surface area contributed by atoms with Crippen molar-refractivity contribution >= 4 is 22.5 Å². The maximum absolute atomic E-state index is 4.46. The van der Waals surface area contributed by atoms with Gasteiger partial charge in [-0.3, -0.25) is 4.98 Å². The van der Waals surface area contributed by atoms with Crippen molar-refractivity contribution in [2.45, 2.75) is 13.8 Å². The summed E-state index contributed by atoms with van der Waals surface area (Å²) < 4.78 is 4.34. The molecule has 0 radical (unpaired) electrons. The molecule has 20 heavy (non-hydrogen) atoms. The van der Waals surface area contributed by atoms with E-state index in [1.54, 1.807) is 12.4 Å². The van der Waals surface area contributed by atoms with Gasteiger partial charge in [-0.2, -0.15) is 9.36 Å². The molecule has 100 valence electrons. The van der Waals surface area contributed by atoms with E-state index in [2.05, 4.69) is 24.6 Å². The van der Waals surface area contributed by atoms with Crippen LogP contribution in [0.25, 0.3) is 11.5 Å². The fourth-order valence-electron chi connectivity index (χ4n) is 1.80. The molecule has 0 saturated heterocycles. The molecule has 0 unspecified atom stereocenters. The molecule has 3 heterocycles. The molecule has 0 fully saturated rings. The Bertz CT molecular complexity index is 738. The molecule has 0 bridgehead atoms. The zero-order chi connectivity index (χ0) is 13.9. The molecule has 0 aliphatic carbocycles. The van der Waals surface area contributed by atoms with Crippen LogP contribution in [0.5, 0.6) is 0 Å². The molecule has 6 heteroatoms. The summed E-state index contributed by atoms with van der Waals surface area (Å²) in [4.78, 5) is 13.0. The first-order valence-electron chi connectivity index (χ1n) is 6.18. The summed E-state index contributed by atoms with van der Waals surface area (Å²) in [6, 6.07) is 7.82. The highest BCUT2D eigenvalue weighted by molar-refractivity contribution is 7.09. The largest absolute Gasteiger partial charge is 0.315 e. The first kappa shape index (κ1) is 12.7. The van der Waals surface area contributed by atoms with E-state index in [-0.39, 0.29) is 0 Å². The maximum atomic E-state index is 4.46. The topological polar surface area (TPSA) is 63.6 Å². The summed E-state index contributed by atoms with van der Waals surface area (Å²) >= 11 is 1.30. The summed E-state index contributed by atoms with van der Waals surface area (Å²) in [5.41, 5.74) is 3.02. The van der Waals surface area contributed by atoms with E-state index in [0.29, 0.717) is 11.0 Å². The van der Waals surface area contributed by atoms with Crippen LogP contribution in [-0.2, 0) is 0 Å². The molecule has 5 nitrogen and oxygen atoms in total. The number of nitrogens with one attached hydrogen (secondary N) is 1. The fraction of sp³-hybridized carbons (Fsp3) is 0.143. The van der Waals surface area contributed by atoms with Crippen molar-refractivity contribution in [3.8, 4) is 11.5 Å². The highest BCUT2D eigenvalue weighted by Crippen LogP contribution is 2.23. The predicted octanol–water partition coefficient (Wildman–Crippen LogP) is 3.36. The van der Waals surface area contributed by atoms with Gasteiger partial charge in [0.1, 0.15) is 11.5 Å². The van der Waals surface area contributed by atoms with Crippen LogP contribution in [0.2, 0.25) is 0 Å². The van der Waals surface area contributed by atoms with E-state index in [4.69, 9.17) is 0 Å². The van der Waals surface area contributed by atoms with Gasteiger partial charge in [-0.15, -0.1) is 0 Å². The van der Waals surface area contributed by atoms with Crippen LogP contribution in [0.3, 0.4) is 0 Å². The number of rotatable bonds is 3. The normalized spacial score (nSPS) is 10.5. The molecule has 0 aliphatic rings. The summed E-state index contributed by atoms with van der Waals surface area (Å²) in [5.74, 6) is 1.41. The van der Waals surface area contributed by atoms with Gasteiger partial charge in [0, 0.05) is 23.9 Å². The zero-order valence-electron chi connectivity index (χ0n) is 11.2. The van der Waals surface area contributed by atoms with Gasteiger partial charge in [0.15, 0.2) is 5.82 Å². The van der Waals surface area contributed by atoms with E-state index in [0.717, 1.165) is 22.6 Å². The summed E-state index contributed by atoms with van der Waals surface area (Å²) in [7, 11) is 0. The first-order chi connectivity index (χ1) is 9.72. The lowest BCUT2D eigenvalue weighted by atomic mass is 10.2. The number of pyridine rings is 2. The molecule has 3 aromatic heterocycles. The number of anilines is 2. The number of aromatic nitrogens is 4. The van der Waals surface area contributed by atoms with E-state index in [9.17, 15) is 0 Å². The Labute approximate surface area is 120 Å². The van der Waals surface area contributed by atoms with Crippen molar-refractivity contribution in [1.29, 1.82) is 0 Å². The fourth-order valence-corrected chi connectivity index (χ4v) is 2.38. The second-order valence-corrected chi connectivity index (χ2v) is 5.19. The Kier molecular flexibility index (Phi) is 3.39. The SMILES string of the molecule is Cc1ccnc(Nc2nc(-c3ncccc3C)ns2)c1. The van der Waals surface area contributed by atoms with E-state index in [1.165, 1.54) is 11.5 Å². The Morgan fingerprint density at radius 3 is 2.80 bits per heavy atom. The van der Waals surface area contributed by atoms with Crippen LogP contribution in [0.4, 0.5) is 10.9 Å². The molecule has 0 atom stereocenters. The molecular weight excluding hydrogens is 270 g/mol. The van der Waals surface area contributed by atoms with Crippen LogP contribution >= 0.6 is 11.5 Å². The van der Waals surface area contributed by atoms with Gasteiger partial charge >= 0.3 is 0 Å². The average molecular weight is 283 g/mol. The van der Waals surface area contributed by atoms with Crippen LogP contribution in [-0.4, -0.2) is 19.3 Å². The summed E-state index contributed by atoms with van der Waals surface area (Å²) in [5, 5.41) is 3.87. The second kappa shape index (κ2) is 5.34. The van der Waals surface area contributed by atoms with Crippen molar-refractivity contribution in [1.82, 2.24) is 19.3 Å². The van der Waals surface area contributed by atoms with Crippen molar-refractivity contribution in [3.05, 3.63) is 47.8 Å². The highest BCUT2D eigenvalue weighted by atomic mass is 32.1. The Morgan fingerprint density at radius 2 is 2.00 bits per heavy atom. The van der Waals surface area contributed by atoms with Gasteiger partial charge in [0.25, 0.3) is 0 Å². The van der Waals surface area contributed by atoms with Crippen molar-refractivity contribution in [2.75, 3.05) is 5.32 Å². The van der Waals surface area contributed by atoms with E-state index >= 15 is 0 Å². The van der Waals surface area contributed by atoms with Gasteiger partial charge in [0.2, 0.25) is 5.13 Å². The molecule has 3 aromatic rings. The third-order valence-corrected chi connectivity index (χ3v) is 3.43. The van der Waals surface area contributed by atoms with Gasteiger partial charge in [-0.1, -0.05) is 6.07 Å². The van der Waals surface area contributed by atoms with Gasteiger partial charge < -0.3 is 5.32 Å². The molecule has 0 amide bonds. The standard InChI is InChI=1S/C14H13N5S/c1-9-5-7-15-11(8-9)17-14-18-13(19-20-14)12-10(2)4-3-6-16-12/h3-8H,1-2H3,(H,15,17,18,19). The lowest BCUT2D eigenvalue weighted by molar-refractivity contribution is 1.19. The van der Waals surface area contributed by atoms with Gasteiger partial charge in [-0.05, 0) is 43.2 Å². The Hall–Kier alpha value is -2.34. The Balaban J connectivity index is 1.86.